The van der Waals surface area contributed by atoms with Gasteiger partial charge in [-0.05, 0) is 56.6 Å². The lowest BCUT2D eigenvalue weighted by Gasteiger charge is -2.30. The summed E-state index contributed by atoms with van der Waals surface area (Å²) < 4.78 is 5.23. The van der Waals surface area contributed by atoms with Gasteiger partial charge in [0, 0.05) is 0 Å². The Hall–Kier alpha value is -3.34. The second kappa shape index (κ2) is 5.83. The molecule has 29 heavy (non-hydrogen) atoms. The molecule has 1 spiro atoms. The fourth-order valence-electron chi connectivity index (χ4n) is 5.27. The first-order valence-corrected chi connectivity index (χ1v) is 9.68. The zero-order chi connectivity index (χ0) is 19.6. The van der Waals surface area contributed by atoms with Gasteiger partial charge >= 0.3 is 7.32 Å². The van der Waals surface area contributed by atoms with Gasteiger partial charge in [0.1, 0.15) is 5.75 Å². The van der Waals surface area contributed by atoms with Gasteiger partial charge in [0.2, 0.25) is 0 Å². The summed E-state index contributed by atoms with van der Waals surface area (Å²) in [4.78, 5) is 0. The minimum absolute atomic E-state index is 0.438. The maximum atomic E-state index is 9.33. The van der Waals surface area contributed by atoms with Crippen LogP contribution in [-0.4, -0.2) is 17.4 Å². The van der Waals surface area contributed by atoms with Crippen LogP contribution in [0.25, 0.3) is 22.3 Å². The van der Waals surface area contributed by atoms with E-state index in [4.69, 9.17) is 4.65 Å². The maximum absolute atomic E-state index is 9.33. The molecule has 0 unspecified atom stereocenters. The van der Waals surface area contributed by atoms with E-state index in [2.05, 4.69) is 72.8 Å². The van der Waals surface area contributed by atoms with E-state index in [1.165, 1.54) is 33.4 Å². The third kappa shape index (κ3) is 2.05. The fourth-order valence-corrected chi connectivity index (χ4v) is 5.27. The Kier molecular flexibility index (Phi) is 3.34. The molecule has 0 fully saturated rings. The van der Waals surface area contributed by atoms with Gasteiger partial charge in [-0.3, -0.25) is 0 Å². The van der Waals surface area contributed by atoms with Gasteiger partial charge in [0.15, 0.2) is 0 Å². The smallest absolute Gasteiger partial charge is 0.512 e. The molecule has 0 saturated heterocycles. The highest BCUT2D eigenvalue weighted by Gasteiger charge is 2.51. The summed E-state index contributed by atoms with van der Waals surface area (Å²) in [6.07, 6.45) is 0. The van der Waals surface area contributed by atoms with E-state index in [-0.39, 0.29) is 0 Å². The van der Waals surface area contributed by atoms with Crippen molar-refractivity contribution in [2.45, 2.75) is 5.41 Å². The van der Waals surface area contributed by atoms with E-state index in [0.717, 1.165) is 11.1 Å². The lowest BCUT2D eigenvalue weighted by molar-refractivity contribution is 0.288. The molecule has 0 heterocycles. The molecule has 2 aliphatic rings. The van der Waals surface area contributed by atoms with E-state index in [1.807, 2.05) is 12.1 Å². The normalized spacial score (nSPS) is 14.1. The Morgan fingerprint density at radius 2 is 1.00 bits per heavy atom. The van der Waals surface area contributed by atoms with E-state index < -0.39 is 12.7 Å². The third-order valence-corrected chi connectivity index (χ3v) is 6.21. The highest BCUT2D eigenvalue weighted by Crippen LogP contribution is 2.62. The van der Waals surface area contributed by atoms with Crippen LogP contribution in [0.4, 0.5) is 0 Å². The second-order valence-electron chi connectivity index (χ2n) is 7.54. The molecular formula is C25H17BO3. The Bertz CT molecular complexity index is 1220. The van der Waals surface area contributed by atoms with E-state index in [0.29, 0.717) is 5.75 Å². The molecule has 4 heteroatoms. The SMILES string of the molecule is OB(O)Oc1ccc2c(c1)C1(c3ccccc3-c3ccccc31)c1ccccc1-2. The van der Waals surface area contributed by atoms with Crippen LogP contribution in [-0.2, 0) is 5.41 Å². The van der Waals surface area contributed by atoms with E-state index >= 15 is 0 Å². The van der Waals surface area contributed by atoms with Gasteiger partial charge in [0.25, 0.3) is 0 Å². The van der Waals surface area contributed by atoms with Crippen LogP contribution in [0.3, 0.4) is 0 Å². The number of benzene rings is 4. The largest absolute Gasteiger partial charge is 0.707 e. The lowest BCUT2D eigenvalue weighted by Crippen LogP contribution is -2.26. The van der Waals surface area contributed by atoms with Crippen molar-refractivity contribution in [3.63, 3.8) is 0 Å². The average Bonchev–Trinajstić information content (AvgIpc) is 3.20. The van der Waals surface area contributed by atoms with Crippen molar-refractivity contribution >= 4 is 7.32 Å². The number of rotatable bonds is 2. The van der Waals surface area contributed by atoms with Gasteiger partial charge in [-0.2, -0.15) is 0 Å². The zero-order valence-corrected chi connectivity index (χ0v) is 15.5. The molecule has 0 saturated carbocycles. The van der Waals surface area contributed by atoms with Crippen molar-refractivity contribution in [3.05, 3.63) is 113 Å². The number of fused-ring (bicyclic) bond motifs is 10. The van der Waals surface area contributed by atoms with Gasteiger partial charge in [0.05, 0.1) is 5.41 Å². The minimum atomic E-state index is -1.85. The average molecular weight is 376 g/mol. The van der Waals surface area contributed by atoms with Crippen molar-refractivity contribution in [2.24, 2.45) is 0 Å². The molecule has 2 aliphatic carbocycles. The standard InChI is InChI=1S/C25H17BO3/c27-26(28)29-16-13-14-20-19-9-3-6-12-23(19)25(24(20)15-16)21-10-4-1-7-17(21)18-8-2-5-11-22(18)25/h1-15,27-28H. The molecule has 4 aromatic carbocycles. The summed E-state index contributed by atoms with van der Waals surface area (Å²) in [6.45, 7) is 0. The fraction of sp³-hybridized carbons (Fsp3) is 0.0400. The molecule has 2 N–H and O–H groups in total. The maximum Gasteiger partial charge on any atom is 0.707 e. The topological polar surface area (TPSA) is 49.7 Å². The summed E-state index contributed by atoms with van der Waals surface area (Å²) in [7, 11) is -1.85. The zero-order valence-electron chi connectivity index (χ0n) is 15.5. The molecule has 6 rings (SSSR count). The van der Waals surface area contributed by atoms with Crippen LogP contribution in [0.2, 0.25) is 0 Å². The summed E-state index contributed by atoms with van der Waals surface area (Å²) in [5.41, 5.74) is 9.21. The Balaban J connectivity index is 1.77. The molecule has 0 aliphatic heterocycles. The molecule has 138 valence electrons. The molecule has 0 aromatic heterocycles. The number of hydrogen-bond donors (Lipinski definition) is 2. The van der Waals surface area contributed by atoms with E-state index in [1.54, 1.807) is 6.07 Å². The van der Waals surface area contributed by atoms with Crippen LogP contribution < -0.4 is 4.65 Å². The summed E-state index contributed by atoms with van der Waals surface area (Å²) in [5.74, 6) is 0.438. The first-order chi connectivity index (χ1) is 14.2. The molecule has 0 radical (unpaired) electrons. The number of hydrogen-bond acceptors (Lipinski definition) is 3. The lowest BCUT2D eigenvalue weighted by atomic mass is 9.70. The Morgan fingerprint density at radius 1 is 0.552 bits per heavy atom. The summed E-state index contributed by atoms with van der Waals surface area (Å²) >= 11 is 0. The van der Waals surface area contributed by atoms with E-state index in [9.17, 15) is 10.0 Å². The first kappa shape index (κ1) is 16.6. The van der Waals surface area contributed by atoms with Crippen molar-refractivity contribution in [1.29, 1.82) is 0 Å². The van der Waals surface area contributed by atoms with Crippen molar-refractivity contribution in [1.82, 2.24) is 0 Å². The highest BCUT2D eigenvalue weighted by molar-refractivity contribution is 6.33. The van der Waals surface area contributed by atoms with Crippen LogP contribution in [0.5, 0.6) is 5.75 Å². The first-order valence-electron chi connectivity index (χ1n) is 9.68. The predicted octanol–water partition coefficient (Wildman–Crippen LogP) is 4.38. The molecule has 0 amide bonds. The van der Waals surface area contributed by atoms with Crippen LogP contribution in [0.15, 0.2) is 91.0 Å². The Morgan fingerprint density at radius 3 is 1.48 bits per heavy atom. The molecule has 4 aromatic rings. The van der Waals surface area contributed by atoms with Gasteiger partial charge in [-0.25, -0.2) is 0 Å². The highest BCUT2D eigenvalue weighted by atomic mass is 16.6. The van der Waals surface area contributed by atoms with Crippen molar-refractivity contribution in [2.75, 3.05) is 0 Å². The summed E-state index contributed by atoms with van der Waals surface area (Å²) in [6, 6.07) is 31.4. The van der Waals surface area contributed by atoms with Crippen LogP contribution >= 0.6 is 0 Å². The second-order valence-corrected chi connectivity index (χ2v) is 7.54. The molecule has 3 nitrogen and oxygen atoms in total. The van der Waals surface area contributed by atoms with Crippen molar-refractivity contribution < 1.29 is 14.7 Å². The van der Waals surface area contributed by atoms with Gasteiger partial charge in [-0.1, -0.05) is 78.9 Å². The monoisotopic (exact) mass is 376 g/mol. The Labute approximate surface area is 169 Å². The third-order valence-electron chi connectivity index (χ3n) is 6.21. The minimum Gasteiger partial charge on any atom is -0.512 e. The quantitative estimate of drug-likeness (QED) is 0.441. The van der Waals surface area contributed by atoms with Crippen LogP contribution in [0.1, 0.15) is 22.3 Å². The molecule has 0 bridgehead atoms. The summed E-state index contributed by atoms with van der Waals surface area (Å²) in [5, 5.41) is 18.7. The van der Waals surface area contributed by atoms with Gasteiger partial charge < -0.3 is 14.7 Å². The van der Waals surface area contributed by atoms with Gasteiger partial charge in [-0.15, -0.1) is 0 Å². The molecule has 0 atom stereocenters. The van der Waals surface area contributed by atoms with Crippen molar-refractivity contribution in [3.8, 4) is 28.0 Å². The predicted molar refractivity (Wildman–Crippen MR) is 114 cm³/mol. The van der Waals surface area contributed by atoms with Crippen LogP contribution in [0, 0.1) is 0 Å². The molecular weight excluding hydrogens is 359 g/mol.